The average Bonchev–Trinajstić information content (AvgIpc) is 2.51. The van der Waals surface area contributed by atoms with Gasteiger partial charge in [0.2, 0.25) is 5.91 Å². The van der Waals surface area contributed by atoms with Gasteiger partial charge in [-0.2, -0.15) is 0 Å². The summed E-state index contributed by atoms with van der Waals surface area (Å²) < 4.78 is 11.0. The molecule has 5 nitrogen and oxygen atoms in total. The summed E-state index contributed by atoms with van der Waals surface area (Å²) in [5.41, 5.74) is -0.316. The van der Waals surface area contributed by atoms with Crippen molar-refractivity contribution >= 4 is 39.4 Å². The third kappa shape index (κ3) is 4.00. The predicted octanol–water partition coefficient (Wildman–Crippen LogP) is 2.48. The topological polar surface area (TPSA) is 64.6 Å². The van der Waals surface area contributed by atoms with Gasteiger partial charge in [0.15, 0.2) is 0 Å². The Balaban J connectivity index is 2.11. The number of rotatable bonds is 4. The monoisotopic (exact) mass is 389 g/mol. The van der Waals surface area contributed by atoms with Crippen molar-refractivity contribution in [3.8, 4) is 0 Å². The smallest absolute Gasteiger partial charge is 0.331 e. The largest absolute Gasteiger partial charge is 0.467 e. The Morgan fingerprint density at radius 3 is 2.73 bits per heavy atom. The van der Waals surface area contributed by atoms with Gasteiger partial charge in [0.25, 0.3) is 0 Å². The van der Waals surface area contributed by atoms with Gasteiger partial charge in [-0.15, -0.1) is 0 Å². The molecule has 1 heterocycles. The molecule has 0 aromatic heterocycles. The zero-order valence-electron chi connectivity index (χ0n) is 12.2. The first-order valence-corrected chi connectivity index (χ1v) is 8.05. The zero-order chi connectivity index (χ0) is 16.2. The molecule has 1 aromatic carbocycles. The standard InChI is InChI=1S/C15H17BrClNO4/c1-21-14(20)15(4-6-22-7-5-15)18-13(19)9-10-8-11(16)2-3-12(10)17/h2-3,8H,4-7,9H2,1H3,(H,18,19). The molecule has 1 amide bonds. The van der Waals surface area contributed by atoms with Crippen LogP contribution in [0.4, 0.5) is 0 Å². The van der Waals surface area contributed by atoms with E-state index in [9.17, 15) is 9.59 Å². The average molecular weight is 391 g/mol. The highest BCUT2D eigenvalue weighted by atomic mass is 79.9. The number of benzene rings is 1. The summed E-state index contributed by atoms with van der Waals surface area (Å²) in [6.07, 6.45) is 0.896. The third-order valence-electron chi connectivity index (χ3n) is 3.66. The fourth-order valence-corrected chi connectivity index (χ4v) is 3.05. The lowest BCUT2D eigenvalue weighted by Crippen LogP contribution is -2.58. The molecule has 1 N–H and O–H groups in total. The van der Waals surface area contributed by atoms with E-state index in [1.807, 2.05) is 0 Å². The van der Waals surface area contributed by atoms with Crippen LogP contribution < -0.4 is 5.32 Å². The molecule has 1 fully saturated rings. The van der Waals surface area contributed by atoms with Gasteiger partial charge in [0.05, 0.1) is 13.5 Å². The van der Waals surface area contributed by atoms with E-state index in [4.69, 9.17) is 21.1 Å². The number of ether oxygens (including phenoxy) is 2. The van der Waals surface area contributed by atoms with Crippen LogP contribution in [0.25, 0.3) is 0 Å². The highest BCUT2D eigenvalue weighted by molar-refractivity contribution is 9.10. The van der Waals surface area contributed by atoms with Crippen LogP contribution in [-0.4, -0.2) is 37.7 Å². The number of halogens is 2. The van der Waals surface area contributed by atoms with Crippen LogP contribution in [0.15, 0.2) is 22.7 Å². The van der Waals surface area contributed by atoms with Crippen LogP contribution >= 0.6 is 27.5 Å². The molecule has 2 rings (SSSR count). The Hall–Kier alpha value is -1.11. The second-order valence-corrected chi connectivity index (χ2v) is 6.47. The second kappa shape index (κ2) is 7.44. The van der Waals surface area contributed by atoms with E-state index in [2.05, 4.69) is 21.2 Å². The molecule has 7 heteroatoms. The van der Waals surface area contributed by atoms with Crippen molar-refractivity contribution < 1.29 is 19.1 Å². The van der Waals surface area contributed by atoms with Crippen molar-refractivity contribution in [3.63, 3.8) is 0 Å². The molecule has 1 saturated heterocycles. The Kier molecular flexibility index (Phi) is 5.83. The van der Waals surface area contributed by atoms with Gasteiger partial charge in [-0.25, -0.2) is 4.79 Å². The van der Waals surface area contributed by atoms with Crippen LogP contribution in [-0.2, 0) is 25.5 Å². The van der Waals surface area contributed by atoms with E-state index in [0.717, 1.165) is 4.47 Å². The number of hydrogen-bond acceptors (Lipinski definition) is 4. The zero-order valence-corrected chi connectivity index (χ0v) is 14.5. The van der Waals surface area contributed by atoms with Crippen molar-refractivity contribution in [1.82, 2.24) is 5.32 Å². The second-order valence-electron chi connectivity index (χ2n) is 5.15. The minimum absolute atomic E-state index is 0.0951. The van der Waals surface area contributed by atoms with E-state index >= 15 is 0 Å². The quantitative estimate of drug-likeness (QED) is 0.802. The number of esters is 1. The minimum Gasteiger partial charge on any atom is -0.467 e. The first kappa shape index (κ1) is 17.2. The maximum Gasteiger partial charge on any atom is 0.331 e. The molecule has 0 unspecified atom stereocenters. The summed E-state index contributed by atoms with van der Waals surface area (Å²) in [6, 6.07) is 5.31. The molecule has 22 heavy (non-hydrogen) atoms. The van der Waals surface area contributed by atoms with E-state index < -0.39 is 11.5 Å². The Bertz CT molecular complexity index is 573. The SMILES string of the molecule is COC(=O)C1(NC(=O)Cc2cc(Br)ccc2Cl)CCOCC1. The predicted molar refractivity (Wildman–Crippen MR) is 85.8 cm³/mol. The Labute approximate surface area is 142 Å². The number of methoxy groups -OCH3 is 1. The lowest BCUT2D eigenvalue weighted by atomic mass is 9.89. The van der Waals surface area contributed by atoms with Crippen molar-refractivity contribution in [3.05, 3.63) is 33.3 Å². The molecule has 120 valence electrons. The summed E-state index contributed by atoms with van der Waals surface area (Å²) in [5.74, 6) is -0.711. The van der Waals surface area contributed by atoms with Gasteiger partial charge in [-0.05, 0) is 23.8 Å². The van der Waals surface area contributed by atoms with Gasteiger partial charge >= 0.3 is 5.97 Å². The van der Waals surface area contributed by atoms with Crippen LogP contribution in [0.1, 0.15) is 18.4 Å². The molecule has 1 aliphatic rings. The molecule has 0 atom stereocenters. The molecule has 0 spiro atoms. The lowest BCUT2D eigenvalue weighted by Gasteiger charge is -2.35. The van der Waals surface area contributed by atoms with Gasteiger partial charge in [-0.3, -0.25) is 4.79 Å². The maximum absolute atomic E-state index is 12.3. The van der Waals surface area contributed by atoms with Crippen molar-refractivity contribution in [2.45, 2.75) is 24.8 Å². The van der Waals surface area contributed by atoms with E-state index in [0.29, 0.717) is 36.6 Å². The fourth-order valence-electron chi connectivity index (χ4n) is 2.46. The van der Waals surface area contributed by atoms with Gasteiger partial charge in [-0.1, -0.05) is 27.5 Å². The van der Waals surface area contributed by atoms with Gasteiger partial charge in [0, 0.05) is 35.6 Å². The van der Waals surface area contributed by atoms with Gasteiger partial charge < -0.3 is 14.8 Å². The Morgan fingerprint density at radius 2 is 2.09 bits per heavy atom. The summed E-state index contributed by atoms with van der Waals surface area (Å²) in [4.78, 5) is 24.4. The van der Waals surface area contributed by atoms with E-state index in [1.54, 1.807) is 18.2 Å². The molecule has 1 aliphatic heterocycles. The summed E-state index contributed by atoms with van der Waals surface area (Å²) in [5, 5.41) is 3.32. The highest BCUT2D eigenvalue weighted by Gasteiger charge is 2.42. The molecule has 1 aromatic rings. The fraction of sp³-hybridized carbons (Fsp3) is 0.467. The van der Waals surface area contributed by atoms with E-state index in [-0.39, 0.29) is 12.3 Å². The number of hydrogen-bond donors (Lipinski definition) is 1. The molecule has 0 saturated carbocycles. The van der Waals surface area contributed by atoms with Crippen molar-refractivity contribution in [1.29, 1.82) is 0 Å². The van der Waals surface area contributed by atoms with Crippen molar-refractivity contribution in [2.24, 2.45) is 0 Å². The van der Waals surface area contributed by atoms with Crippen LogP contribution in [0.3, 0.4) is 0 Å². The highest BCUT2D eigenvalue weighted by Crippen LogP contribution is 2.24. The first-order chi connectivity index (χ1) is 10.5. The normalized spacial score (nSPS) is 16.9. The van der Waals surface area contributed by atoms with Crippen LogP contribution in [0, 0.1) is 0 Å². The Morgan fingerprint density at radius 1 is 1.41 bits per heavy atom. The molecule has 0 radical (unpaired) electrons. The first-order valence-electron chi connectivity index (χ1n) is 6.88. The molecular formula is C15H17BrClNO4. The number of amides is 1. The number of carbonyl (C=O) groups is 2. The molecule has 0 bridgehead atoms. The number of carbonyl (C=O) groups excluding carboxylic acids is 2. The minimum atomic E-state index is -1.01. The number of nitrogens with one attached hydrogen (secondary N) is 1. The molecule has 0 aliphatic carbocycles. The summed E-state index contributed by atoms with van der Waals surface area (Å²) in [6.45, 7) is 0.819. The van der Waals surface area contributed by atoms with Crippen LogP contribution in [0.2, 0.25) is 5.02 Å². The maximum atomic E-state index is 12.3. The van der Waals surface area contributed by atoms with Crippen molar-refractivity contribution in [2.75, 3.05) is 20.3 Å². The summed E-state index contributed by atoms with van der Waals surface area (Å²) in [7, 11) is 1.32. The lowest BCUT2D eigenvalue weighted by molar-refractivity contribution is -0.155. The molecular weight excluding hydrogens is 374 g/mol. The van der Waals surface area contributed by atoms with E-state index in [1.165, 1.54) is 7.11 Å². The van der Waals surface area contributed by atoms with Gasteiger partial charge in [0.1, 0.15) is 5.54 Å². The van der Waals surface area contributed by atoms with Crippen LogP contribution in [0.5, 0.6) is 0 Å². The third-order valence-corrected chi connectivity index (χ3v) is 4.52. The summed E-state index contributed by atoms with van der Waals surface area (Å²) >= 11 is 9.44.